The highest BCUT2D eigenvalue weighted by molar-refractivity contribution is 14.1. The predicted octanol–water partition coefficient (Wildman–Crippen LogP) is 1.61. The molecular weight excluding hydrogens is 369 g/mol. The molecule has 0 aromatic heterocycles. The summed E-state index contributed by atoms with van der Waals surface area (Å²) in [5, 5.41) is 0. The number of terminal acetylenes is 1. The molecule has 1 atom stereocenters. The first-order valence-electron chi connectivity index (χ1n) is 4.86. The molecule has 0 aliphatic carbocycles. The number of nitrogens with zero attached hydrogens (tertiary/aromatic N) is 1. The lowest BCUT2D eigenvalue weighted by Gasteiger charge is -2.23. The van der Waals surface area contributed by atoms with Gasteiger partial charge in [-0.2, -0.15) is 0 Å². The van der Waals surface area contributed by atoms with Crippen molar-refractivity contribution in [3.05, 3.63) is 30.3 Å². The lowest BCUT2D eigenvalue weighted by atomic mass is 10.4. The molecule has 18 heavy (non-hydrogen) atoms. The Hall–Kier alpha value is -0.660. The number of sulfonamides is 1. The summed E-state index contributed by atoms with van der Waals surface area (Å²) in [5.74, 6) is 2.26. The van der Waals surface area contributed by atoms with Crippen LogP contribution in [0.2, 0.25) is 0 Å². The highest BCUT2D eigenvalue weighted by atomic mass is 127. The minimum Gasteiger partial charge on any atom is -0.338 e. The second-order valence-electron chi connectivity index (χ2n) is 3.06. The Balaban J connectivity index is 2.98. The molecule has 0 heterocycles. The Morgan fingerprint density at radius 3 is 2.56 bits per heavy atom. The monoisotopic (exact) mass is 381 g/mol. The summed E-state index contributed by atoms with van der Waals surface area (Å²) in [6, 6.07) is 7.95. The van der Waals surface area contributed by atoms with Gasteiger partial charge in [0.1, 0.15) is 6.61 Å². The number of hydrogen-bond donors (Lipinski definition) is 0. The second kappa shape index (κ2) is 7.06. The van der Waals surface area contributed by atoms with Gasteiger partial charge in [-0.1, -0.05) is 24.1 Å². The Morgan fingerprint density at radius 1 is 1.44 bits per heavy atom. The van der Waals surface area contributed by atoms with Gasteiger partial charge in [0.2, 0.25) is 4.23 Å². The van der Waals surface area contributed by atoms with E-state index in [1.165, 1.54) is 19.2 Å². The van der Waals surface area contributed by atoms with Crippen LogP contribution in [0.25, 0.3) is 0 Å². The molecule has 0 fully saturated rings. The minimum absolute atomic E-state index is 0.00221. The molecule has 0 amide bonds. The fraction of sp³-hybridized carbons (Fsp3) is 0.273. The van der Waals surface area contributed by atoms with Gasteiger partial charge in [0.25, 0.3) is 10.0 Å². The molecule has 0 saturated heterocycles. The van der Waals surface area contributed by atoms with Crippen LogP contribution >= 0.6 is 22.6 Å². The maximum absolute atomic E-state index is 12.2. The largest absolute Gasteiger partial charge is 0.338 e. The van der Waals surface area contributed by atoms with Gasteiger partial charge in [0.05, 0.1) is 12.0 Å². The van der Waals surface area contributed by atoms with Crippen LogP contribution in [-0.4, -0.2) is 30.8 Å². The van der Waals surface area contributed by atoms with Crippen LogP contribution < -0.4 is 0 Å². The summed E-state index contributed by atoms with van der Waals surface area (Å²) in [6.07, 6.45) is 5.05. The molecule has 0 radical (unpaired) electrons. The number of benzene rings is 1. The van der Waals surface area contributed by atoms with E-state index in [4.69, 9.17) is 16.0 Å². The lowest BCUT2D eigenvalue weighted by molar-refractivity contribution is -0.123. The molecule has 5 nitrogen and oxygen atoms in total. The third-order valence-electron chi connectivity index (χ3n) is 1.93. The standard InChI is InChI=1S/C11H12INO4S/c1-3-9-17-11(12)13(16-2)18(14,15)10-7-5-4-6-8-10/h1,4-8,11H,9H2,2H3. The van der Waals surface area contributed by atoms with Crippen LogP contribution in [0.1, 0.15) is 0 Å². The summed E-state index contributed by atoms with van der Waals surface area (Å²) in [7, 11) is -2.52. The first-order chi connectivity index (χ1) is 8.54. The molecule has 0 saturated carbocycles. The van der Waals surface area contributed by atoms with E-state index in [1.807, 2.05) is 0 Å². The Morgan fingerprint density at radius 2 is 2.06 bits per heavy atom. The average Bonchev–Trinajstić information content (AvgIpc) is 2.38. The van der Waals surface area contributed by atoms with Crippen molar-refractivity contribution in [1.82, 2.24) is 4.47 Å². The zero-order chi connectivity index (χ0) is 13.6. The van der Waals surface area contributed by atoms with Gasteiger partial charge >= 0.3 is 0 Å². The number of ether oxygens (including phenoxy) is 1. The van der Waals surface area contributed by atoms with Crippen molar-refractivity contribution in [3.63, 3.8) is 0 Å². The van der Waals surface area contributed by atoms with Crippen LogP contribution in [0, 0.1) is 12.3 Å². The van der Waals surface area contributed by atoms with E-state index in [-0.39, 0.29) is 11.5 Å². The summed E-state index contributed by atoms with van der Waals surface area (Å²) >= 11 is 1.78. The number of rotatable bonds is 6. The summed E-state index contributed by atoms with van der Waals surface area (Å²) in [6.45, 7) is -0.00221. The highest BCUT2D eigenvalue weighted by Crippen LogP contribution is 2.21. The van der Waals surface area contributed by atoms with Crippen LogP contribution in [0.15, 0.2) is 35.2 Å². The molecule has 1 rings (SSSR count). The molecule has 0 spiro atoms. The Labute approximate surface area is 120 Å². The smallest absolute Gasteiger partial charge is 0.268 e. The second-order valence-corrected chi connectivity index (χ2v) is 5.91. The topological polar surface area (TPSA) is 55.8 Å². The van der Waals surface area contributed by atoms with Gasteiger partial charge in [-0.3, -0.25) is 4.84 Å². The molecule has 1 aromatic rings. The Bertz CT molecular complexity index is 512. The first kappa shape index (κ1) is 15.4. The zero-order valence-corrected chi connectivity index (χ0v) is 12.6. The van der Waals surface area contributed by atoms with E-state index in [0.717, 1.165) is 4.47 Å². The molecule has 0 bridgehead atoms. The van der Waals surface area contributed by atoms with E-state index >= 15 is 0 Å². The van der Waals surface area contributed by atoms with Crippen molar-refractivity contribution in [3.8, 4) is 12.3 Å². The van der Waals surface area contributed by atoms with Crippen molar-refractivity contribution in [1.29, 1.82) is 0 Å². The molecule has 1 aromatic carbocycles. The zero-order valence-electron chi connectivity index (χ0n) is 9.61. The van der Waals surface area contributed by atoms with Crippen molar-refractivity contribution in [2.24, 2.45) is 0 Å². The van der Waals surface area contributed by atoms with Crippen LogP contribution in [0.4, 0.5) is 0 Å². The number of alkyl halides is 1. The van der Waals surface area contributed by atoms with E-state index in [0.29, 0.717) is 0 Å². The molecule has 0 aliphatic rings. The third kappa shape index (κ3) is 3.66. The number of halogens is 1. The highest BCUT2D eigenvalue weighted by Gasteiger charge is 2.31. The predicted molar refractivity (Wildman–Crippen MR) is 75.1 cm³/mol. The quantitative estimate of drug-likeness (QED) is 0.188. The molecule has 98 valence electrons. The molecule has 7 heteroatoms. The fourth-order valence-corrected chi connectivity index (χ4v) is 3.65. The summed E-state index contributed by atoms with van der Waals surface area (Å²) in [4.78, 5) is 5.00. The van der Waals surface area contributed by atoms with Gasteiger partial charge in [-0.25, -0.2) is 8.42 Å². The number of hydrogen-bond acceptors (Lipinski definition) is 4. The van der Waals surface area contributed by atoms with Crippen molar-refractivity contribution < 1.29 is 18.0 Å². The molecule has 0 N–H and O–H groups in total. The van der Waals surface area contributed by atoms with Crippen molar-refractivity contribution in [2.45, 2.75) is 9.13 Å². The van der Waals surface area contributed by atoms with Crippen LogP contribution in [-0.2, 0) is 19.6 Å². The SMILES string of the molecule is C#CCOC(I)N(OC)S(=O)(=O)c1ccccc1. The summed E-state index contributed by atoms with van der Waals surface area (Å²) < 4.78 is 29.5. The van der Waals surface area contributed by atoms with E-state index < -0.39 is 14.3 Å². The van der Waals surface area contributed by atoms with Gasteiger partial charge in [0.15, 0.2) is 0 Å². The Kier molecular flexibility index (Phi) is 6.04. The number of hydroxylamine groups is 1. The maximum atomic E-state index is 12.2. The first-order valence-corrected chi connectivity index (χ1v) is 7.55. The normalized spacial score (nSPS) is 13.2. The van der Waals surface area contributed by atoms with Gasteiger partial charge in [-0.15, -0.1) is 6.42 Å². The van der Waals surface area contributed by atoms with Gasteiger partial charge in [0, 0.05) is 0 Å². The van der Waals surface area contributed by atoms with E-state index in [2.05, 4.69) is 5.92 Å². The van der Waals surface area contributed by atoms with Crippen molar-refractivity contribution >= 4 is 32.6 Å². The summed E-state index contributed by atoms with van der Waals surface area (Å²) in [5.41, 5.74) is 0. The van der Waals surface area contributed by atoms with Crippen LogP contribution in [0.3, 0.4) is 0 Å². The molecular formula is C11H12INO4S. The van der Waals surface area contributed by atoms with E-state index in [1.54, 1.807) is 40.8 Å². The third-order valence-corrected chi connectivity index (χ3v) is 4.85. The maximum Gasteiger partial charge on any atom is 0.268 e. The van der Waals surface area contributed by atoms with E-state index in [9.17, 15) is 8.42 Å². The molecule has 1 unspecified atom stereocenters. The van der Waals surface area contributed by atoms with Crippen LogP contribution in [0.5, 0.6) is 0 Å². The average molecular weight is 381 g/mol. The minimum atomic E-state index is -3.77. The lowest BCUT2D eigenvalue weighted by Crippen LogP contribution is -2.37. The molecule has 0 aliphatic heterocycles. The van der Waals surface area contributed by atoms with Gasteiger partial charge in [-0.05, 0) is 39.2 Å². The van der Waals surface area contributed by atoms with Gasteiger partial charge < -0.3 is 4.74 Å². The fourth-order valence-electron chi connectivity index (χ4n) is 1.16. The van der Waals surface area contributed by atoms with Crippen molar-refractivity contribution in [2.75, 3.05) is 13.7 Å².